The summed E-state index contributed by atoms with van der Waals surface area (Å²) in [7, 11) is 1.58. The van der Waals surface area contributed by atoms with E-state index in [1.54, 1.807) is 7.11 Å². The molecule has 0 radical (unpaired) electrons. The molecule has 0 spiro atoms. The molecule has 1 heterocycles. The van der Waals surface area contributed by atoms with Gasteiger partial charge in [0.2, 0.25) is 0 Å². The van der Waals surface area contributed by atoms with Crippen LogP contribution < -0.4 is 9.47 Å². The van der Waals surface area contributed by atoms with Crippen molar-refractivity contribution >= 4 is 32.6 Å². The minimum atomic E-state index is 0.137. The second kappa shape index (κ2) is 10.5. The molecule has 0 saturated heterocycles. The van der Waals surface area contributed by atoms with Crippen molar-refractivity contribution in [3.05, 3.63) is 78.4 Å². The molecule has 5 rings (SSSR count). The molecule has 1 N–H and O–H groups in total. The first-order chi connectivity index (χ1) is 17.6. The van der Waals surface area contributed by atoms with Gasteiger partial charge in [-0.1, -0.05) is 81.6 Å². The topological polar surface area (TPSA) is 43.6 Å². The Morgan fingerprint density at radius 1 is 0.833 bits per heavy atom. The van der Waals surface area contributed by atoms with E-state index in [0.29, 0.717) is 18.3 Å². The summed E-state index contributed by atoms with van der Waals surface area (Å²) in [5.41, 5.74) is 3.48. The van der Waals surface area contributed by atoms with Crippen molar-refractivity contribution in [1.82, 2.24) is 4.57 Å². The molecule has 0 saturated carbocycles. The average molecular weight is 482 g/mol. The van der Waals surface area contributed by atoms with Crippen LogP contribution in [0.3, 0.4) is 0 Å². The molecular weight excluding hydrogens is 446 g/mol. The lowest BCUT2D eigenvalue weighted by molar-refractivity contribution is 0.310. The van der Waals surface area contributed by atoms with Crippen LogP contribution in [0, 0.1) is 5.92 Å². The Balaban J connectivity index is 1.74. The van der Waals surface area contributed by atoms with Crippen LogP contribution >= 0.6 is 0 Å². The number of hydrogen-bond acceptors (Lipinski definition) is 3. The Labute approximate surface area is 213 Å². The zero-order chi connectivity index (χ0) is 25.1. The highest BCUT2D eigenvalue weighted by Gasteiger charge is 2.20. The summed E-state index contributed by atoms with van der Waals surface area (Å²) in [6.07, 6.45) is 4.84. The summed E-state index contributed by atoms with van der Waals surface area (Å²) in [6.45, 7) is 5.99. The number of methoxy groups -OCH3 is 1. The molecule has 0 bridgehead atoms. The number of phenolic OH excluding ortho intramolecular Hbond substituents is 1. The summed E-state index contributed by atoms with van der Waals surface area (Å²) in [5, 5.41) is 15.0. The van der Waals surface area contributed by atoms with Gasteiger partial charge >= 0.3 is 0 Å². The SMILES string of the molecule is CCCCC(CC)Cn1c2ccccc2c2c3cc(O)c(OC)cc3c(OCc3ccccc3)cc21. The van der Waals surface area contributed by atoms with Gasteiger partial charge in [0.05, 0.1) is 12.6 Å². The van der Waals surface area contributed by atoms with Gasteiger partial charge in [-0.25, -0.2) is 0 Å². The lowest BCUT2D eigenvalue weighted by atomic mass is 9.99. The molecule has 36 heavy (non-hydrogen) atoms. The summed E-state index contributed by atoms with van der Waals surface area (Å²) in [5.74, 6) is 1.99. The number of ether oxygens (including phenoxy) is 2. The lowest BCUT2D eigenvalue weighted by Crippen LogP contribution is -2.10. The number of hydrogen-bond donors (Lipinski definition) is 1. The van der Waals surface area contributed by atoms with Crippen molar-refractivity contribution < 1.29 is 14.6 Å². The molecule has 0 aliphatic carbocycles. The van der Waals surface area contributed by atoms with E-state index in [9.17, 15) is 5.11 Å². The van der Waals surface area contributed by atoms with Gasteiger partial charge in [0, 0.05) is 34.3 Å². The van der Waals surface area contributed by atoms with E-state index >= 15 is 0 Å². The zero-order valence-corrected chi connectivity index (χ0v) is 21.5. The van der Waals surface area contributed by atoms with E-state index in [0.717, 1.165) is 46.0 Å². The number of fused-ring (bicyclic) bond motifs is 5. The van der Waals surface area contributed by atoms with Crippen LogP contribution in [0.2, 0.25) is 0 Å². The van der Waals surface area contributed by atoms with E-state index in [1.165, 1.54) is 30.2 Å². The van der Waals surface area contributed by atoms with Gasteiger partial charge in [0.15, 0.2) is 11.5 Å². The molecule has 0 amide bonds. The molecule has 0 aliphatic heterocycles. The Hall–Kier alpha value is -3.66. The molecule has 4 nitrogen and oxygen atoms in total. The maximum absolute atomic E-state index is 10.8. The first kappa shape index (κ1) is 24.1. The maximum Gasteiger partial charge on any atom is 0.161 e. The highest BCUT2D eigenvalue weighted by Crippen LogP contribution is 2.44. The molecule has 1 unspecified atom stereocenters. The quantitative estimate of drug-likeness (QED) is 0.218. The number of nitrogens with zero attached hydrogens (tertiary/aromatic N) is 1. The van der Waals surface area contributed by atoms with E-state index in [1.807, 2.05) is 30.3 Å². The van der Waals surface area contributed by atoms with Crippen molar-refractivity contribution in [2.45, 2.75) is 52.7 Å². The number of benzene rings is 4. The monoisotopic (exact) mass is 481 g/mol. The smallest absolute Gasteiger partial charge is 0.161 e. The third kappa shape index (κ3) is 4.48. The fourth-order valence-corrected chi connectivity index (χ4v) is 5.33. The molecule has 4 aromatic carbocycles. The second-order valence-electron chi connectivity index (χ2n) is 9.66. The standard InChI is InChI=1S/C32H35NO3/c1-4-6-12-22(5-2)20-33-27-16-11-10-15-24(27)32-26-17-29(34)31(35-3)18-25(26)30(19-28(32)33)36-21-23-13-8-7-9-14-23/h7-11,13-19,22,34H,4-6,12,20-21H2,1-3H3. The minimum Gasteiger partial charge on any atom is -0.504 e. The fourth-order valence-electron chi connectivity index (χ4n) is 5.33. The minimum absolute atomic E-state index is 0.137. The van der Waals surface area contributed by atoms with E-state index in [-0.39, 0.29) is 5.75 Å². The molecule has 1 atom stereocenters. The summed E-state index contributed by atoms with van der Waals surface area (Å²) >= 11 is 0. The zero-order valence-electron chi connectivity index (χ0n) is 21.5. The van der Waals surface area contributed by atoms with Gasteiger partial charge in [-0.15, -0.1) is 0 Å². The highest BCUT2D eigenvalue weighted by atomic mass is 16.5. The van der Waals surface area contributed by atoms with Crippen LogP contribution in [0.25, 0.3) is 32.6 Å². The number of para-hydroxylation sites is 1. The Kier molecular flexibility index (Phi) is 7.04. The van der Waals surface area contributed by atoms with Crippen molar-refractivity contribution in [3.63, 3.8) is 0 Å². The summed E-state index contributed by atoms with van der Waals surface area (Å²) < 4.78 is 14.4. The van der Waals surface area contributed by atoms with Gasteiger partial charge in [-0.3, -0.25) is 0 Å². The Bertz CT molecular complexity index is 1490. The van der Waals surface area contributed by atoms with Gasteiger partial charge in [0.1, 0.15) is 12.4 Å². The van der Waals surface area contributed by atoms with Crippen molar-refractivity contribution in [2.24, 2.45) is 5.92 Å². The number of phenols is 1. The first-order valence-electron chi connectivity index (χ1n) is 13.1. The van der Waals surface area contributed by atoms with Gasteiger partial charge in [-0.2, -0.15) is 0 Å². The number of rotatable bonds is 10. The number of aromatic nitrogens is 1. The van der Waals surface area contributed by atoms with Crippen LogP contribution in [0.1, 0.15) is 45.1 Å². The van der Waals surface area contributed by atoms with E-state index in [2.05, 4.69) is 60.9 Å². The summed E-state index contributed by atoms with van der Waals surface area (Å²) in [4.78, 5) is 0. The van der Waals surface area contributed by atoms with Crippen LogP contribution in [-0.4, -0.2) is 16.8 Å². The van der Waals surface area contributed by atoms with Crippen molar-refractivity contribution in [3.8, 4) is 17.2 Å². The molecule has 0 aliphatic rings. The normalized spacial score (nSPS) is 12.4. The van der Waals surface area contributed by atoms with Gasteiger partial charge < -0.3 is 19.1 Å². The molecule has 5 aromatic rings. The lowest BCUT2D eigenvalue weighted by Gasteiger charge is -2.18. The predicted octanol–water partition coefficient (Wildman–Crippen LogP) is 8.46. The highest BCUT2D eigenvalue weighted by molar-refractivity contribution is 6.22. The van der Waals surface area contributed by atoms with E-state index < -0.39 is 0 Å². The molecule has 186 valence electrons. The first-order valence-corrected chi connectivity index (χ1v) is 13.1. The third-order valence-corrected chi connectivity index (χ3v) is 7.35. The second-order valence-corrected chi connectivity index (χ2v) is 9.66. The Morgan fingerprint density at radius 2 is 1.61 bits per heavy atom. The van der Waals surface area contributed by atoms with Gasteiger partial charge in [-0.05, 0) is 41.5 Å². The number of aromatic hydroxyl groups is 1. The predicted molar refractivity (Wildman–Crippen MR) is 149 cm³/mol. The molecule has 4 heteroatoms. The van der Waals surface area contributed by atoms with Crippen LogP contribution in [0.4, 0.5) is 0 Å². The van der Waals surface area contributed by atoms with Crippen LogP contribution in [0.15, 0.2) is 72.8 Å². The van der Waals surface area contributed by atoms with Crippen molar-refractivity contribution in [2.75, 3.05) is 7.11 Å². The summed E-state index contributed by atoms with van der Waals surface area (Å²) in [6, 6.07) is 24.7. The molecular formula is C32H35NO3. The van der Waals surface area contributed by atoms with Crippen LogP contribution in [-0.2, 0) is 13.2 Å². The average Bonchev–Trinajstić information content (AvgIpc) is 3.23. The van der Waals surface area contributed by atoms with Crippen molar-refractivity contribution in [1.29, 1.82) is 0 Å². The fraction of sp³-hybridized carbons (Fsp3) is 0.312. The van der Waals surface area contributed by atoms with Gasteiger partial charge in [0.25, 0.3) is 0 Å². The number of unbranched alkanes of at least 4 members (excludes halogenated alkanes) is 1. The molecule has 1 aromatic heterocycles. The largest absolute Gasteiger partial charge is 0.504 e. The third-order valence-electron chi connectivity index (χ3n) is 7.35. The van der Waals surface area contributed by atoms with Crippen LogP contribution in [0.5, 0.6) is 17.2 Å². The molecule has 0 fully saturated rings. The maximum atomic E-state index is 10.8. The van der Waals surface area contributed by atoms with E-state index in [4.69, 9.17) is 9.47 Å². The Morgan fingerprint density at radius 3 is 2.36 bits per heavy atom.